The molecule has 0 aliphatic carbocycles. The van der Waals surface area contributed by atoms with Gasteiger partial charge >= 0.3 is 12.1 Å². The van der Waals surface area contributed by atoms with Crippen molar-refractivity contribution in [3.05, 3.63) is 48.0 Å². The number of hydrogen-bond acceptors (Lipinski definition) is 3. The fourth-order valence-electron chi connectivity index (χ4n) is 2.38. The molecule has 2 rings (SSSR count). The summed E-state index contributed by atoms with van der Waals surface area (Å²) >= 11 is 0. The average Bonchev–Trinajstić information content (AvgIpc) is 2.45. The van der Waals surface area contributed by atoms with E-state index in [1.165, 1.54) is 0 Å². The predicted molar refractivity (Wildman–Crippen MR) is 88.6 cm³/mol. The van der Waals surface area contributed by atoms with Crippen LogP contribution in [0.4, 0.5) is 4.79 Å². The third kappa shape index (κ3) is 4.45. The van der Waals surface area contributed by atoms with Crippen LogP contribution in [0.2, 0.25) is 0 Å². The Balaban J connectivity index is 2.22. The second-order valence-electron chi connectivity index (χ2n) is 6.34. The third-order valence-corrected chi connectivity index (χ3v) is 3.35. The van der Waals surface area contributed by atoms with Crippen LogP contribution in [0, 0.1) is 0 Å². The first-order valence-electron chi connectivity index (χ1n) is 7.45. The van der Waals surface area contributed by atoms with Gasteiger partial charge in [-0.1, -0.05) is 42.5 Å². The summed E-state index contributed by atoms with van der Waals surface area (Å²) in [4.78, 5) is 23.4. The summed E-state index contributed by atoms with van der Waals surface area (Å²) < 4.78 is 5.15. The Morgan fingerprint density at radius 1 is 1.13 bits per heavy atom. The second kappa shape index (κ2) is 6.69. The number of benzene rings is 2. The molecule has 5 nitrogen and oxygen atoms in total. The Bertz CT molecular complexity index is 713. The highest BCUT2D eigenvalue weighted by Crippen LogP contribution is 2.25. The fourth-order valence-corrected chi connectivity index (χ4v) is 2.38. The Hall–Kier alpha value is -2.56. The van der Waals surface area contributed by atoms with Crippen LogP contribution in [-0.4, -0.2) is 29.3 Å². The van der Waals surface area contributed by atoms with E-state index in [1.54, 1.807) is 26.8 Å². The number of ether oxygens (including phenoxy) is 1. The maximum absolute atomic E-state index is 11.8. The summed E-state index contributed by atoms with van der Waals surface area (Å²) in [5.41, 5.74) is 0.0501. The molecule has 0 aliphatic heterocycles. The van der Waals surface area contributed by atoms with Gasteiger partial charge in [-0.15, -0.1) is 0 Å². The topological polar surface area (TPSA) is 75.6 Å². The Morgan fingerprint density at radius 2 is 1.78 bits per heavy atom. The number of alkyl carbamates (subject to hydrolysis) is 1. The Labute approximate surface area is 135 Å². The molecule has 0 fully saturated rings. The third-order valence-electron chi connectivity index (χ3n) is 3.35. The van der Waals surface area contributed by atoms with E-state index in [-0.39, 0.29) is 6.54 Å². The fraction of sp³-hybridized carbons (Fsp3) is 0.333. The van der Waals surface area contributed by atoms with Crippen molar-refractivity contribution < 1.29 is 19.4 Å². The van der Waals surface area contributed by atoms with Gasteiger partial charge in [-0.2, -0.15) is 0 Å². The number of aliphatic carboxylic acids is 1. The zero-order valence-electron chi connectivity index (χ0n) is 13.5. The molecular formula is C18H21NO4. The first-order valence-corrected chi connectivity index (χ1v) is 7.45. The lowest BCUT2D eigenvalue weighted by Gasteiger charge is -2.21. The van der Waals surface area contributed by atoms with Gasteiger partial charge in [-0.3, -0.25) is 4.79 Å². The van der Waals surface area contributed by atoms with Crippen molar-refractivity contribution in [2.75, 3.05) is 6.54 Å². The highest BCUT2D eigenvalue weighted by Gasteiger charge is 2.24. The van der Waals surface area contributed by atoms with Gasteiger partial charge in [0.15, 0.2) is 0 Å². The van der Waals surface area contributed by atoms with Crippen molar-refractivity contribution in [3.63, 3.8) is 0 Å². The van der Waals surface area contributed by atoms with Crippen molar-refractivity contribution in [3.8, 4) is 0 Å². The minimum absolute atomic E-state index is 0.0295. The molecule has 0 saturated heterocycles. The highest BCUT2D eigenvalue weighted by molar-refractivity contribution is 5.91. The summed E-state index contributed by atoms with van der Waals surface area (Å²) in [6.45, 7) is 5.24. The standard InChI is InChI=1S/C18H21NO4/c1-18(2,3)23-17(22)19-11-15(16(20)21)14-10-6-8-12-7-4-5-9-13(12)14/h4-10,15H,11H2,1-3H3,(H,19,22)(H,20,21). The quantitative estimate of drug-likeness (QED) is 0.905. The van der Waals surface area contributed by atoms with E-state index in [2.05, 4.69) is 5.32 Å². The maximum atomic E-state index is 11.8. The molecule has 2 aromatic carbocycles. The number of amides is 1. The van der Waals surface area contributed by atoms with Crippen molar-refractivity contribution in [1.82, 2.24) is 5.32 Å². The largest absolute Gasteiger partial charge is 0.481 e. The summed E-state index contributed by atoms with van der Waals surface area (Å²) in [5, 5.41) is 13.9. The predicted octanol–water partition coefficient (Wildman–Crippen LogP) is 3.53. The highest BCUT2D eigenvalue weighted by atomic mass is 16.6. The van der Waals surface area contributed by atoms with E-state index in [1.807, 2.05) is 36.4 Å². The van der Waals surface area contributed by atoms with Crippen LogP contribution in [0.15, 0.2) is 42.5 Å². The number of fused-ring (bicyclic) bond motifs is 1. The van der Waals surface area contributed by atoms with Crippen LogP contribution >= 0.6 is 0 Å². The minimum Gasteiger partial charge on any atom is -0.481 e. The molecule has 1 amide bonds. The SMILES string of the molecule is CC(C)(C)OC(=O)NCC(C(=O)O)c1cccc2ccccc12. The smallest absolute Gasteiger partial charge is 0.407 e. The molecule has 0 aliphatic rings. The number of rotatable bonds is 4. The molecule has 0 bridgehead atoms. The molecule has 23 heavy (non-hydrogen) atoms. The average molecular weight is 315 g/mol. The van der Waals surface area contributed by atoms with Crippen LogP contribution in [-0.2, 0) is 9.53 Å². The first-order chi connectivity index (χ1) is 10.8. The van der Waals surface area contributed by atoms with Crippen LogP contribution < -0.4 is 5.32 Å². The Morgan fingerprint density at radius 3 is 2.43 bits per heavy atom. The maximum Gasteiger partial charge on any atom is 0.407 e. The van der Waals surface area contributed by atoms with Gasteiger partial charge in [-0.25, -0.2) is 4.79 Å². The first kappa shape index (κ1) is 16.8. The lowest BCUT2D eigenvalue weighted by atomic mass is 9.93. The summed E-state index contributed by atoms with van der Waals surface area (Å²) in [7, 11) is 0. The van der Waals surface area contributed by atoms with Gasteiger partial charge in [0, 0.05) is 6.54 Å². The van der Waals surface area contributed by atoms with E-state index in [9.17, 15) is 14.7 Å². The molecule has 0 saturated carbocycles. The number of carboxylic acid groups (broad SMARTS) is 1. The molecule has 1 unspecified atom stereocenters. The number of carbonyl (C=O) groups is 2. The number of carboxylic acids is 1. The van der Waals surface area contributed by atoms with E-state index in [0.29, 0.717) is 5.56 Å². The van der Waals surface area contributed by atoms with Crippen LogP contribution in [0.25, 0.3) is 10.8 Å². The molecule has 2 aromatic rings. The molecule has 0 aromatic heterocycles. The van der Waals surface area contributed by atoms with Crippen molar-refractivity contribution in [2.45, 2.75) is 32.3 Å². The van der Waals surface area contributed by atoms with Crippen molar-refractivity contribution in [2.24, 2.45) is 0 Å². The second-order valence-corrected chi connectivity index (χ2v) is 6.34. The molecule has 122 valence electrons. The number of nitrogens with one attached hydrogen (secondary N) is 1. The normalized spacial score (nSPS) is 12.7. The molecule has 2 N–H and O–H groups in total. The molecule has 0 radical (unpaired) electrons. The lowest BCUT2D eigenvalue weighted by Crippen LogP contribution is -2.36. The van der Waals surface area contributed by atoms with Crippen LogP contribution in [0.3, 0.4) is 0 Å². The van der Waals surface area contributed by atoms with Gasteiger partial charge < -0.3 is 15.2 Å². The van der Waals surface area contributed by atoms with E-state index in [0.717, 1.165) is 10.8 Å². The summed E-state index contributed by atoms with van der Waals surface area (Å²) in [5.74, 6) is -1.83. The van der Waals surface area contributed by atoms with Crippen molar-refractivity contribution in [1.29, 1.82) is 0 Å². The van der Waals surface area contributed by atoms with Crippen LogP contribution in [0.5, 0.6) is 0 Å². The summed E-state index contributed by atoms with van der Waals surface area (Å²) in [6.07, 6.45) is -0.621. The van der Waals surface area contributed by atoms with Crippen molar-refractivity contribution >= 4 is 22.8 Å². The number of carbonyl (C=O) groups excluding carboxylic acids is 1. The van der Waals surface area contributed by atoms with Gasteiger partial charge in [0.25, 0.3) is 0 Å². The van der Waals surface area contributed by atoms with Crippen LogP contribution in [0.1, 0.15) is 32.3 Å². The van der Waals surface area contributed by atoms with E-state index < -0.39 is 23.6 Å². The zero-order valence-corrected chi connectivity index (χ0v) is 13.5. The summed E-state index contributed by atoms with van der Waals surface area (Å²) in [6, 6.07) is 13.1. The zero-order chi connectivity index (χ0) is 17.0. The van der Waals surface area contributed by atoms with Gasteiger partial charge in [0.05, 0.1) is 5.92 Å². The van der Waals surface area contributed by atoms with E-state index in [4.69, 9.17) is 4.74 Å². The Kier molecular flexibility index (Phi) is 4.89. The molecular weight excluding hydrogens is 294 g/mol. The van der Waals surface area contributed by atoms with Gasteiger partial charge in [0.2, 0.25) is 0 Å². The lowest BCUT2D eigenvalue weighted by molar-refractivity contribution is -0.138. The molecule has 0 heterocycles. The molecule has 1 atom stereocenters. The molecule has 0 spiro atoms. The minimum atomic E-state index is -0.989. The number of hydrogen-bond donors (Lipinski definition) is 2. The van der Waals surface area contributed by atoms with Gasteiger partial charge in [0.1, 0.15) is 5.60 Å². The van der Waals surface area contributed by atoms with E-state index >= 15 is 0 Å². The monoisotopic (exact) mass is 315 g/mol. The van der Waals surface area contributed by atoms with Gasteiger partial charge in [-0.05, 0) is 37.1 Å². The molecule has 5 heteroatoms.